The maximum atomic E-state index is 14.1. The summed E-state index contributed by atoms with van der Waals surface area (Å²) in [6, 6.07) is 6.87. The number of amides is 1. The number of hydrogen-bond donors (Lipinski definition) is 2. The average Bonchev–Trinajstić information content (AvgIpc) is 3.24. The highest BCUT2D eigenvalue weighted by Crippen LogP contribution is 2.35. The summed E-state index contributed by atoms with van der Waals surface area (Å²) in [5.41, 5.74) is 7.46. The van der Waals surface area contributed by atoms with E-state index in [0.717, 1.165) is 6.42 Å². The lowest BCUT2D eigenvalue weighted by Gasteiger charge is -2.35. The highest BCUT2D eigenvalue weighted by Gasteiger charge is 2.42. The summed E-state index contributed by atoms with van der Waals surface area (Å²) in [5, 5.41) is 5.51. The smallest absolute Gasteiger partial charge is 0.275 e. The molecule has 0 saturated carbocycles. The minimum atomic E-state index is -0.223. The van der Waals surface area contributed by atoms with Crippen molar-refractivity contribution in [2.45, 2.75) is 18.5 Å². The van der Waals surface area contributed by atoms with Crippen LogP contribution in [0.5, 0.6) is 0 Å². The molecule has 1 amide bonds. The number of fused-ring (bicyclic) bond motifs is 1. The van der Waals surface area contributed by atoms with Gasteiger partial charge in [-0.05, 0) is 24.0 Å². The summed E-state index contributed by atoms with van der Waals surface area (Å²) in [6.07, 6.45) is 0.825. The van der Waals surface area contributed by atoms with E-state index in [4.69, 9.17) is 0 Å². The number of aromatic nitrogens is 2. The fourth-order valence-corrected chi connectivity index (χ4v) is 3.87. The molecule has 3 heterocycles. The summed E-state index contributed by atoms with van der Waals surface area (Å²) >= 11 is 1.17. The summed E-state index contributed by atoms with van der Waals surface area (Å²) in [6.45, 7) is 1.23. The number of halogens is 1. The Labute approximate surface area is 136 Å². The summed E-state index contributed by atoms with van der Waals surface area (Å²) in [4.78, 5) is 14.3. The average molecular weight is 333 g/mol. The Morgan fingerprint density at radius 3 is 3.00 bits per heavy atom. The van der Waals surface area contributed by atoms with Gasteiger partial charge in [-0.25, -0.2) is 9.82 Å². The number of carbonyl (C=O) groups excluding carboxylic acids is 1. The Hall–Kier alpha value is -1.90. The van der Waals surface area contributed by atoms with E-state index in [2.05, 4.69) is 20.4 Å². The van der Waals surface area contributed by atoms with Crippen LogP contribution in [-0.2, 0) is 0 Å². The third kappa shape index (κ3) is 2.62. The van der Waals surface area contributed by atoms with Gasteiger partial charge in [0, 0.05) is 36.0 Å². The van der Waals surface area contributed by atoms with Crippen molar-refractivity contribution in [1.29, 1.82) is 0 Å². The molecule has 2 aliphatic heterocycles. The highest BCUT2D eigenvalue weighted by molar-refractivity contribution is 7.03. The van der Waals surface area contributed by atoms with Crippen LogP contribution in [0.4, 0.5) is 4.39 Å². The molecule has 120 valence electrons. The molecule has 0 aliphatic carbocycles. The van der Waals surface area contributed by atoms with E-state index in [1.807, 2.05) is 6.07 Å². The third-order valence-electron chi connectivity index (χ3n) is 4.62. The normalized spacial score (nSPS) is 27.0. The van der Waals surface area contributed by atoms with Crippen LogP contribution in [0.1, 0.15) is 28.5 Å². The Morgan fingerprint density at radius 1 is 1.35 bits per heavy atom. The van der Waals surface area contributed by atoms with Crippen LogP contribution in [0.2, 0.25) is 0 Å². The number of carbonyl (C=O) groups is 1. The second-order valence-electron chi connectivity index (χ2n) is 5.89. The van der Waals surface area contributed by atoms with Gasteiger partial charge in [-0.1, -0.05) is 22.7 Å². The molecular formula is C15H16FN5OS. The van der Waals surface area contributed by atoms with Gasteiger partial charge in [-0.15, -0.1) is 5.10 Å². The second kappa shape index (κ2) is 5.95. The van der Waals surface area contributed by atoms with Crippen LogP contribution >= 0.6 is 11.5 Å². The standard InChI is InChI=1S/C15H16FN5OS/c16-11-4-2-1-3-9(11)14-10-7-21(6-5-12(10)17-19-14)15(22)13-8-23-20-18-13/h1-4,8,10,12,14,17,19H,5-7H2. The molecule has 2 saturated heterocycles. The number of piperidine rings is 1. The number of benzene rings is 1. The monoisotopic (exact) mass is 333 g/mol. The maximum Gasteiger partial charge on any atom is 0.275 e. The molecule has 1 aromatic carbocycles. The zero-order valence-corrected chi connectivity index (χ0v) is 13.1. The van der Waals surface area contributed by atoms with E-state index < -0.39 is 0 Å². The SMILES string of the molecule is O=C(c1csnn1)N1CCC2NNC(c3ccccc3F)C2C1. The molecule has 0 spiro atoms. The highest BCUT2D eigenvalue weighted by atomic mass is 32.1. The fraction of sp³-hybridized carbons (Fsp3) is 0.400. The first-order valence-corrected chi connectivity index (χ1v) is 8.39. The summed E-state index contributed by atoms with van der Waals surface area (Å²) in [5.74, 6) is -0.202. The number of likely N-dealkylation sites (tertiary alicyclic amines) is 1. The molecule has 23 heavy (non-hydrogen) atoms. The van der Waals surface area contributed by atoms with Gasteiger partial charge >= 0.3 is 0 Å². The minimum absolute atomic E-state index is 0.101. The van der Waals surface area contributed by atoms with Crippen molar-refractivity contribution in [1.82, 2.24) is 25.3 Å². The predicted molar refractivity (Wildman–Crippen MR) is 83.1 cm³/mol. The molecule has 2 aromatic rings. The van der Waals surface area contributed by atoms with Crippen molar-refractivity contribution in [2.75, 3.05) is 13.1 Å². The first-order valence-electron chi connectivity index (χ1n) is 7.56. The molecule has 3 atom stereocenters. The number of nitrogens with one attached hydrogen (secondary N) is 2. The van der Waals surface area contributed by atoms with Crippen LogP contribution in [0.15, 0.2) is 29.6 Å². The van der Waals surface area contributed by atoms with Crippen LogP contribution in [0.25, 0.3) is 0 Å². The van der Waals surface area contributed by atoms with Crippen molar-refractivity contribution in [2.24, 2.45) is 5.92 Å². The second-order valence-corrected chi connectivity index (χ2v) is 6.50. The Bertz CT molecular complexity index is 710. The molecule has 0 bridgehead atoms. The van der Waals surface area contributed by atoms with Gasteiger partial charge in [0.25, 0.3) is 5.91 Å². The van der Waals surface area contributed by atoms with Gasteiger partial charge in [0.1, 0.15) is 5.82 Å². The van der Waals surface area contributed by atoms with Gasteiger partial charge < -0.3 is 4.90 Å². The molecule has 1 aromatic heterocycles. The first kappa shape index (κ1) is 14.7. The van der Waals surface area contributed by atoms with Gasteiger partial charge in [0.2, 0.25) is 0 Å². The molecule has 3 unspecified atom stereocenters. The lowest BCUT2D eigenvalue weighted by molar-refractivity contribution is 0.0646. The number of rotatable bonds is 2. The Kier molecular flexibility index (Phi) is 3.80. The van der Waals surface area contributed by atoms with E-state index in [0.29, 0.717) is 24.3 Å². The molecule has 0 radical (unpaired) electrons. The number of nitrogens with zero attached hydrogens (tertiary/aromatic N) is 3. The molecular weight excluding hydrogens is 317 g/mol. The van der Waals surface area contributed by atoms with Crippen LogP contribution < -0.4 is 10.9 Å². The minimum Gasteiger partial charge on any atom is -0.337 e. The van der Waals surface area contributed by atoms with Crippen LogP contribution in [-0.4, -0.2) is 39.5 Å². The van der Waals surface area contributed by atoms with Gasteiger partial charge in [-0.2, -0.15) is 0 Å². The topological polar surface area (TPSA) is 70.2 Å². The molecule has 8 heteroatoms. The predicted octanol–water partition coefficient (Wildman–Crippen LogP) is 1.36. The number of hydrazine groups is 1. The third-order valence-corrected chi connectivity index (χ3v) is 5.12. The lowest BCUT2D eigenvalue weighted by Crippen LogP contribution is -2.48. The zero-order valence-electron chi connectivity index (χ0n) is 12.3. The van der Waals surface area contributed by atoms with Crippen LogP contribution in [0, 0.1) is 11.7 Å². The van der Waals surface area contributed by atoms with Crippen molar-refractivity contribution in [3.63, 3.8) is 0 Å². The van der Waals surface area contributed by atoms with Crippen LogP contribution in [0.3, 0.4) is 0 Å². The van der Waals surface area contributed by atoms with Crippen molar-refractivity contribution >= 4 is 17.4 Å². The Morgan fingerprint density at radius 2 is 2.22 bits per heavy atom. The van der Waals surface area contributed by atoms with Gasteiger partial charge in [0.05, 0.1) is 6.04 Å². The largest absolute Gasteiger partial charge is 0.337 e. The van der Waals surface area contributed by atoms with Crippen molar-refractivity contribution in [3.05, 3.63) is 46.7 Å². The van der Waals surface area contributed by atoms with Gasteiger partial charge in [0.15, 0.2) is 5.69 Å². The Balaban J connectivity index is 1.56. The van der Waals surface area contributed by atoms with E-state index in [-0.39, 0.29) is 29.7 Å². The lowest BCUT2D eigenvalue weighted by atomic mass is 9.85. The van der Waals surface area contributed by atoms with Gasteiger partial charge in [-0.3, -0.25) is 10.2 Å². The quantitative estimate of drug-likeness (QED) is 0.868. The molecule has 2 N–H and O–H groups in total. The molecule has 2 fully saturated rings. The van der Waals surface area contributed by atoms with E-state index in [1.165, 1.54) is 17.6 Å². The number of hydrogen-bond acceptors (Lipinski definition) is 6. The maximum absolute atomic E-state index is 14.1. The van der Waals surface area contributed by atoms with E-state index in [9.17, 15) is 9.18 Å². The molecule has 2 aliphatic rings. The fourth-order valence-electron chi connectivity index (χ4n) is 3.44. The van der Waals surface area contributed by atoms with Crippen molar-refractivity contribution in [3.8, 4) is 0 Å². The summed E-state index contributed by atoms with van der Waals surface area (Å²) < 4.78 is 17.9. The molecule has 4 rings (SSSR count). The van der Waals surface area contributed by atoms with E-state index in [1.54, 1.807) is 22.4 Å². The summed E-state index contributed by atoms with van der Waals surface area (Å²) in [7, 11) is 0. The first-order chi connectivity index (χ1) is 11.2. The molecule has 6 nitrogen and oxygen atoms in total. The van der Waals surface area contributed by atoms with E-state index >= 15 is 0 Å². The zero-order chi connectivity index (χ0) is 15.8. The van der Waals surface area contributed by atoms with Crippen molar-refractivity contribution < 1.29 is 9.18 Å².